The molecule has 0 N–H and O–H groups in total. The standard InChI is InChI=1S/C22H26FNO/c1-16(25)22(20-7-9-21(23)10-8-20)15-17-3-5-18(6-4-17)19-11-13-24(2)14-12-19/h3-10,19,22H,11-15H2,1-2H3. The lowest BCUT2D eigenvalue weighted by molar-refractivity contribution is -0.118. The Morgan fingerprint density at radius 3 is 2.24 bits per heavy atom. The van der Waals surface area contributed by atoms with Crippen molar-refractivity contribution in [1.82, 2.24) is 4.90 Å². The van der Waals surface area contributed by atoms with Gasteiger partial charge in [0, 0.05) is 5.92 Å². The summed E-state index contributed by atoms with van der Waals surface area (Å²) in [5, 5.41) is 0. The van der Waals surface area contributed by atoms with Gasteiger partial charge in [0.2, 0.25) is 0 Å². The highest BCUT2D eigenvalue weighted by atomic mass is 19.1. The monoisotopic (exact) mass is 339 g/mol. The first-order valence-electron chi connectivity index (χ1n) is 9.06. The van der Waals surface area contributed by atoms with Crippen LogP contribution in [-0.4, -0.2) is 30.8 Å². The number of rotatable bonds is 5. The van der Waals surface area contributed by atoms with E-state index in [9.17, 15) is 9.18 Å². The second-order valence-electron chi connectivity index (χ2n) is 7.24. The predicted octanol–water partition coefficient (Wildman–Crippen LogP) is 4.55. The van der Waals surface area contributed by atoms with Crippen molar-refractivity contribution >= 4 is 5.78 Å². The van der Waals surface area contributed by atoms with Crippen LogP contribution in [-0.2, 0) is 11.2 Å². The van der Waals surface area contributed by atoms with E-state index in [-0.39, 0.29) is 17.5 Å². The first-order chi connectivity index (χ1) is 12.0. The zero-order chi connectivity index (χ0) is 17.8. The summed E-state index contributed by atoms with van der Waals surface area (Å²) in [6.45, 7) is 3.92. The van der Waals surface area contributed by atoms with Gasteiger partial charge in [-0.3, -0.25) is 4.79 Å². The average molecular weight is 339 g/mol. The lowest BCUT2D eigenvalue weighted by atomic mass is 9.86. The van der Waals surface area contributed by atoms with E-state index in [0.29, 0.717) is 12.3 Å². The molecule has 1 unspecified atom stereocenters. The van der Waals surface area contributed by atoms with Gasteiger partial charge in [0.1, 0.15) is 11.6 Å². The maximum Gasteiger partial charge on any atom is 0.137 e. The third-order valence-electron chi connectivity index (χ3n) is 5.37. The molecule has 1 heterocycles. The summed E-state index contributed by atoms with van der Waals surface area (Å²) in [7, 11) is 2.18. The van der Waals surface area contributed by atoms with Crippen molar-refractivity contribution in [2.24, 2.45) is 0 Å². The number of nitrogens with zero attached hydrogens (tertiary/aromatic N) is 1. The van der Waals surface area contributed by atoms with Crippen LogP contribution in [0.15, 0.2) is 48.5 Å². The number of carbonyl (C=O) groups is 1. The molecule has 0 saturated carbocycles. The first-order valence-corrected chi connectivity index (χ1v) is 9.06. The highest BCUT2D eigenvalue weighted by Gasteiger charge is 2.20. The molecule has 0 radical (unpaired) electrons. The van der Waals surface area contributed by atoms with Crippen molar-refractivity contribution in [2.45, 2.75) is 38.0 Å². The molecule has 1 aliphatic heterocycles. The van der Waals surface area contributed by atoms with Crippen LogP contribution in [0.3, 0.4) is 0 Å². The number of hydrogen-bond donors (Lipinski definition) is 0. The second kappa shape index (κ2) is 7.92. The first kappa shape index (κ1) is 17.8. The summed E-state index contributed by atoms with van der Waals surface area (Å²) < 4.78 is 13.1. The normalized spacial score (nSPS) is 17.4. The average Bonchev–Trinajstić information content (AvgIpc) is 2.62. The summed E-state index contributed by atoms with van der Waals surface area (Å²) in [5.41, 5.74) is 3.44. The van der Waals surface area contributed by atoms with Gasteiger partial charge in [-0.2, -0.15) is 0 Å². The molecule has 25 heavy (non-hydrogen) atoms. The van der Waals surface area contributed by atoms with Crippen molar-refractivity contribution in [3.05, 3.63) is 71.0 Å². The number of piperidine rings is 1. The molecule has 2 nitrogen and oxygen atoms in total. The van der Waals surface area contributed by atoms with Crippen LogP contribution in [0.5, 0.6) is 0 Å². The summed E-state index contributed by atoms with van der Waals surface area (Å²) in [6.07, 6.45) is 3.08. The fraction of sp³-hybridized carbons (Fsp3) is 0.409. The second-order valence-corrected chi connectivity index (χ2v) is 7.24. The topological polar surface area (TPSA) is 20.3 Å². The van der Waals surface area contributed by atoms with Gasteiger partial charge in [-0.25, -0.2) is 4.39 Å². The molecule has 3 rings (SSSR count). The number of benzene rings is 2. The zero-order valence-electron chi connectivity index (χ0n) is 15.0. The summed E-state index contributed by atoms with van der Waals surface area (Å²) >= 11 is 0. The third-order valence-corrected chi connectivity index (χ3v) is 5.37. The van der Waals surface area contributed by atoms with E-state index >= 15 is 0 Å². The molecule has 0 aliphatic carbocycles. The van der Waals surface area contributed by atoms with Crippen molar-refractivity contribution in [3.8, 4) is 0 Å². The Labute approximate surface area is 149 Å². The molecule has 3 heteroatoms. The minimum Gasteiger partial charge on any atom is -0.306 e. The Morgan fingerprint density at radius 2 is 1.68 bits per heavy atom. The molecule has 1 saturated heterocycles. The van der Waals surface area contributed by atoms with Gasteiger partial charge in [0.05, 0.1) is 0 Å². The number of hydrogen-bond acceptors (Lipinski definition) is 2. The quantitative estimate of drug-likeness (QED) is 0.796. The Bertz CT molecular complexity index is 700. The van der Waals surface area contributed by atoms with Crippen molar-refractivity contribution in [1.29, 1.82) is 0 Å². The fourth-order valence-electron chi connectivity index (χ4n) is 3.69. The highest BCUT2D eigenvalue weighted by Crippen LogP contribution is 2.29. The summed E-state index contributed by atoms with van der Waals surface area (Å²) in [6, 6.07) is 15.0. The maximum absolute atomic E-state index is 13.1. The van der Waals surface area contributed by atoms with Gasteiger partial charge >= 0.3 is 0 Å². The number of halogens is 1. The zero-order valence-corrected chi connectivity index (χ0v) is 15.0. The third kappa shape index (κ3) is 4.55. The lowest BCUT2D eigenvalue weighted by Gasteiger charge is -2.29. The van der Waals surface area contributed by atoms with E-state index in [4.69, 9.17) is 0 Å². The molecule has 1 atom stereocenters. The fourth-order valence-corrected chi connectivity index (χ4v) is 3.69. The Kier molecular flexibility index (Phi) is 5.64. The van der Waals surface area contributed by atoms with Gasteiger partial charge in [0.25, 0.3) is 0 Å². The van der Waals surface area contributed by atoms with Crippen molar-refractivity contribution in [3.63, 3.8) is 0 Å². The molecule has 0 bridgehead atoms. The number of carbonyl (C=O) groups excluding carboxylic acids is 1. The van der Waals surface area contributed by atoms with E-state index in [0.717, 1.165) is 24.2 Å². The van der Waals surface area contributed by atoms with Crippen LogP contribution in [0.25, 0.3) is 0 Å². The minimum absolute atomic E-state index is 0.117. The highest BCUT2D eigenvalue weighted by molar-refractivity contribution is 5.83. The lowest BCUT2D eigenvalue weighted by Crippen LogP contribution is -2.29. The Balaban J connectivity index is 1.70. The van der Waals surface area contributed by atoms with E-state index in [1.807, 2.05) is 0 Å². The summed E-state index contributed by atoms with van der Waals surface area (Å²) in [4.78, 5) is 14.5. The molecular weight excluding hydrogens is 313 g/mol. The van der Waals surface area contributed by atoms with Gasteiger partial charge in [-0.05, 0) is 81.1 Å². The molecule has 2 aromatic rings. The SMILES string of the molecule is CC(=O)C(Cc1ccc(C2CCN(C)CC2)cc1)c1ccc(F)cc1. The number of ketones is 1. The van der Waals surface area contributed by atoms with Crippen molar-refractivity contribution < 1.29 is 9.18 Å². The predicted molar refractivity (Wildman–Crippen MR) is 99.4 cm³/mol. The van der Waals surface area contributed by atoms with Crippen LogP contribution in [0.1, 0.15) is 48.3 Å². The molecule has 1 fully saturated rings. The van der Waals surface area contributed by atoms with Crippen LogP contribution < -0.4 is 0 Å². The number of Topliss-reactive ketones (excluding diaryl/α,β-unsaturated/α-hetero) is 1. The van der Waals surface area contributed by atoms with E-state index in [1.54, 1.807) is 19.1 Å². The van der Waals surface area contributed by atoms with Crippen LogP contribution in [0.2, 0.25) is 0 Å². The smallest absolute Gasteiger partial charge is 0.137 e. The molecule has 0 amide bonds. The van der Waals surface area contributed by atoms with Gasteiger partial charge < -0.3 is 4.90 Å². The van der Waals surface area contributed by atoms with Crippen molar-refractivity contribution in [2.75, 3.05) is 20.1 Å². The molecule has 0 spiro atoms. The minimum atomic E-state index is -0.270. The molecule has 2 aromatic carbocycles. The Morgan fingerprint density at radius 1 is 1.08 bits per heavy atom. The van der Waals surface area contributed by atoms with Gasteiger partial charge in [0.15, 0.2) is 0 Å². The van der Waals surface area contributed by atoms with E-state index in [2.05, 4.69) is 36.2 Å². The number of likely N-dealkylation sites (tertiary alicyclic amines) is 1. The largest absolute Gasteiger partial charge is 0.306 e. The summed E-state index contributed by atoms with van der Waals surface area (Å²) in [5.74, 6) is 0.278. The van der Waals surface area contributed by atoms with E-state index < -0.39 is 0 Å². The van der Waals surface area contributed by atoms with Crippen LogP contribution in [0.4, 0.5) is 4.39 Å². The van der Waals surface area contributed by atoms with Crippen LogP contribution in [0, 0.1) is 5.82 Å². The molecule has 1 aliphatic rings. The van der Waals surface area contributed by atoms with Crippen LogP contribution >= 0.6 is 0 Å². The molecule has 0 aromatic heterocycles. The molecular formula is C22H26FNO. The van der Waals surface area contributed by atoms with Gasteiger partial charge in [-0.15, -0.1) is 0 Å². The maximum atomic E-state index is 13.1. The molecule has 132 valence electrons. The van der Waals surface area contributed by atoms with E-state index in [1.165, 1.54) is 30.5 Å². The Hall–Kier alpha value is -2.00. The van der Waals surface area contributed by atoms with Gasteiger partial charge in [-0.1, -0.05) is 36.4 Å².